The molecule has 146 valence electrons. The predicted octanol–water partition coefficient (Wildman–Crippen LogP) is 4.47. The van der Waals surface area contributed by atoms with Gasteiger partial charge in [0, 0.05) is 12.5 Å². The van der Waals surface area contributed by atoms with Gasteiger partial charge in [0.25, 0.3) is 0 Å². The normalized spacial score (nSPS) is 27.9. The van der Waals surface area contributed by atoms with Crippen LogP contribution < -0.4 is 5.32 Å². The Balaban J connectivity index is 1.17. The maximum Gasteiger partial charge on any atom is 0.407 e. The zero-order chi connectivity index (χ0) is 19.1. The van der Waals surface area contributed by atoms with Gasteiger partial charge < -0.3 is 15.2 Å². The molecule has 1 spiro atoms. The molecule has 1 unspecified atom stereocenters. The maximum atomic E-state index is 12.3. The van der Waals surface area contributed by atoms with Gasteiger partial charge >= 0.3 is 6.09 Å². The molecule has 2 fully saturated rings. The summed E-state index contributed by atoms with van der Waals surface area (Å²) >= 11 is 0. The minimum Gasteiger partial charge on any atom is -0.449 e. The summed E-state index contributed by atoms with van der Waals surface area (Å²) in [7, 11) is 0. The SMILES string of the molecule is O=C(NCC1CC12CCC(O)CC2)OCC1c2ccccc2-c2ccccc21. The Labute approximate surface area is 165 Å². The van der Waals surface area contributed by atoms with Gasteiger partial charge in [-0.3, -0.25) is 0 Å². The quantitative estimate of drug-likeness (QED) is 0.827. The predicted molar refractivity (Wildman–Crippen MR) is 108 cm³/mol. The van der Waals surface area contributed by atoms with E-state index in [1.807, 2.05) is 12.1 Å². The minimum absolute atomic E-state index is 0.102. The number of alkyl carbamates (subject to hydrolysis) is 1. The number of hydrogen-bond acceptors (Lipinski definition) is 3. The van der Waals surface area contributed by atoms with Crippen LogP contribution >= 0.6 is 0 Å². The Kier molecular flexibility index (Phi) is 4.39. The lowest BCUT2D eigenvalue weighted by atomic mass is 9.83. The fourth-order valence-corrected chi connectivity index (χ4v) is 5.37. The fraction of sp³-hybridized carbons (Fsp3) is 0.458. The van der Waals surface area contributed by atoms with Gasteiger partial charge in [-0.05, 0) is 65.7 Å². The van der Waals surface area contributed by atoms with Crippen molar-refractivity contribution in [1.82, 2.24) is 5.32 Å². The molecule has 0 aliphatic heterocycles. The number of nitrogens with one attached hydrogen (secondary N) is 1. The molecule has 4 heteroatoms. The summed E-state index contributed by atoms with van der Waals surface area (Å²) < 4.78 is 5.62. The molecule has 1 atom stereocenters. The summed E-state index contributed by atoms with van der Waals surface area (Å²) in [4.78, 5) is 12.3. The Morgan fingerprint density at radius 1 is 1.04 bits per heavy atom. The smallest absolute Gasteiger partial charge is 0.407 e. The fourth-order valence-electron chi connectivity index (χ4n) is 5.37. The van der Waals surface area contributed by atoms with Gasteiger partial charge in [-0.25, -0.2) is 4.79 Å². The third-order valence-electron chi connectivity index (χ3n) is 7.15. The lowest BCUT2D eigenvalue weighted by Crippen LogP contribution is -2.30. The van der Waals surface area contributed by atoms with Crippen molar-refractivity contribution in [3.05, 3.63) is 59.7 Å². The highest BCUT2D eigenvalue weighted by molar-refractivity contribution is 5.79. The van der Waals surface area contributed by atoms with Crippen molar-refractivity contribution in [2.45, 2.75) is 44.1 Å². The number of aliphatic hydroxyl groups is 1. The number of rotatable bonds is 4. The van der Waals surface area contributed by atoms with E-state index in [-0.39, 0.29) is 18.1 Å². The van der Waals surface area contributed by atoms with Gasteiger partial charge in [0.1, 0.15) is 6.61 Å². The highest BCUT2D eigenvalue weighted by Crippen LogP contribution is 2.61. The van der Waals surface area contributed by atoms with Gasteiger partial charge in [-0.1, -0.05) is 48.5 Å². The van der Waals surface area contributed by atoms with E-state index in [2.05, 4.69) is 41.7 Å². The van der Waals surface area contributed by atoms with E-state index >= 15 is 0 Å². The molecule has 0 bridgehead atoms. The van der Waals surface area contributed by atoms with E-state index in [0.29, 0.717) is 24.5 Å². The summed E-state index contributed by atoms with van der Waals surface area (Å²) in [6, 6.07) is 16.8. The van der Waals surface area contributed by atoms with Crippen LogP contribution in [0.2, 0.25) is 0 Å². The second-order valence-electron chi connectivity index (χ2n) is 8.70. The van der Waals surface area contributed by atoms with E-state index in [0.717, 1.165) is 25.7 Å². The van der Waals surface area contributed by atoms with Crippen LogP contribution in [0.4, 0.5) is 4.79 Å². The van der Waals surface area contributed by atoms with Crippen LogP contribution in [-0.2, 0) is 4.74 Å². The average Bonchev–Trinajstić information content (AvgIpc) is 3.31. The third kappa shape index (κ3) is 3.10. The van der Waals surface area contributed by atoms with Gasteiger partial charge in [0.2, 0.25) is 0 Å². The van der Waals surface area contributed by atoms with Crippen molar-refractivity contribution in [3.63, 3.8) is 0 Å². The largest absolute Gasteiger partial charge is 0.449 e. The molecule has 0 heterocycles. The van der Waals surface area contributed by atoms with Crippen molar-refractivity contribution >= 4 is 6.09 Å². The van der Waals surface area contributed by atoms with E-state index in [9.17, 15) is 9.90 Å². The van der Waals surface area contributed by atoms with Crippen LogP contribution in [0.25, 0.3) is 11.1 Å². The number of carbonyl (C=O) groups excluding carboxylic acids is 1. The van der Waals surface area contributed by atoms with Gasteiger partial charge in [0.05, 0.1) is 6.10 Å². The second kappa shape index (κ2) is 6.93. The first kappa shape index (κ1) is 17.7. The van der Waals surface area contributed by atoms with Crippen molar-refractivity contribution in [2.75, 3.05) is 13.2 Å². The molecule has 2 aromatic rings. The van der Waals surface area contributed by atoms with Crippen LogP contribution in [0.3, 0.4) is 0 Å². The Hall–Kier alpha value is -2.33. The van der Waals surface area contributed by atoms with Crippen LogP contribution in [0.5, 0.6) is 0 Å². The molecular formula is C24H27NO3. The van der Waals surface area contributed by atoms with E-state index in [1.165, 1.54) is 28.7 Å². The summed E-state index contributed by atoms with van der Waals surface area (Å²) in [5.74, 6) is 0.644. The number of aliphatic hydroxyl groups excluding tert-OH is 1. The third-order valence-corrected chi connectivity index (χ3v) is 7.15. The molecule has 0 saturated heterocycles. The number of ether oxygens (including phenoxy) is 1. The standard InChI is InChI=1S/C24H27NO3/c26-17-9-11-24(12-10-17)13-16(24)14-25-23(27)28-15-22-20-7-3-1-5-18(20)19-6-2-4-8-21(19)22/h1-8,16-17,22,26H,9-15H2,(H,25,27). The molecule has 0 radical (unpaired) electrons. The highest BCUT2D eigenvalue weighted by atomic mass is 16.5. The van der Waals surface area contributed by atoms with Gasteiger partial charge in [0.15, 0.2) is 0 Å². The van der Waals surface area contributed by atoms with Crippen molar-refractivity contribution in [3.8, 4) is 11.1 Å². The number of fused-ring (bicyclic) bond motifs is 3. The first-order valence-electron chi connectivity index (χ1n) is 10.4. The summed E-state index contributed by atoms with van der Waals surface area (Å²) in [5, 5.41) is 12.7. The molecule has 2 N–H and O–H groups in total. The molecule has 3 aliphatic rings. The van der Waals surface area contributed by atoms with E-state index in [1.54, 1.807) is 0 Å². The van der Waals surface area contributed by atoms with E-state index in [4.69, 9.17) is 4.74 Å². The number of hydrogen-bond donors (Lipinski definition) is 2. The Bertz CT molecular complexity index is 839. The van der Waals surface area contributed by atoms with Gasteiger partial charge in [-0.15, -0.1) is 0 Å². The Morgan fingerprint density at radius 2 is 1.64 bits per heavy atom. The molecule has 3 aliphatic carbocycles. The van der Waals surface area contributed by atoms with Crippen LogP contribution in [0.15, 0.2) is 48.5 Å². The lowest BCUT2D eigenvalue weighted by Gasteiger charge is -2.26. The topological polar surface area (TPSA) is 58.6 Å². The maximum absolute atomic E-state index is 12.3. The molecule has 2 aromatic carbocycles. The van der Waals surface area contributed by atoms with Crippen molar-refractivity contribution in [1.29, 1.82) is 0 Å². The molecule has 0 aromatic heterocycles. The number of carbonyl (C=O) groups is 1. The number of amides is 1. The monoisotopic (exact) mass is 377 g/mol. The minimum atomic E-state index is -0.320. The van der Waals surface area contributed by atoms with Crippen molar-refractivity contribution < 1.29 is 14.6 Å². The lowest BCUT2D eigenvalue weighted by molar-refractivity contribution is 0.0963. The van der Waals surface area contributed by atoms with Crippen LogP contribution in [-0.4, -0.2) is 30.5 Å². The average molecular weight is 377 g/mol. The molecule has 28 heavy (non-hydrogen) atoms. The summed E-state index contributed by atoms with van der Waals surface area (Å²) in [6.45, 7) is 1.05. The molecular weight excluding hydrogens is 350 g/mol. The van der Waals surface area contributed by atoms with Gasteiger partial charge in [-0.2, -0.15) is 0 Å². The molecule has 5 rings (SSSR count). The zero-order valence-corrected chi connectivity index (χ0v) is 16.1. The van der Waals surface area contributed by atoms with Crippen LogP contribution in [0, 0.1) is 11.3 Å². The molecule has 2 saturated carbocycles. The van der Waals surface area contributed by atoms with Crippen molar-refractivity contribution in [2.24, 2.45) is 11.3 Å². The zero-order valence-electron chi connectivity index (χ0n) is 16.1. The second-order valence-corrected chi connectivity index (χ2v) is 8.70. The molecule has 1 amide bonds. The summed E-state index contributed by atoms with van der Waals surface area (Å²) in [6.07, 6.45) is 4.71. The molecule has 4 nitrogen and oxygen atoms in total. The number of benzene rings is 2. The van der Waals surface area contributed by atoms with E-state index < -0.39 is 0 Å². The van der Waals surface area contributed by atoms with Crippen LogP contribution in [0.1, 0.15) is 49.1 Å². The first-order valence-corrected chi connectivity index (χ1v) is 10.4. The first-order chi connectivity index (χ1) is 13.7. The Morgan fingerprint density at radius 3 is 2.29 bits per heavy atom. The summed E-state index contributed by atoms with van der Waals surface area (Å²) in [5.41, 5.74) is 5.32. The highest BCUT2D eigenvalue weighted by Gasteiger charge is 2.54.